The highest BCUT2D eigenvalue weighted by Crippen LogP contribution is 2.22. The molecule has 0 spiro atoms. The van der Waals surface area contributed by atoms with E-state index in [1.807, 2.05) is 0 Å². The number of nitrogens with zero attached hydrogens (tertiary/aromatic N) is 3. The van der Waals surface area contributed by atoms with Gasteiger partial charge in [-0.1, -0.05) is 16.8 Å². The van der Waals surface area contributed by atoms with Crippen LogP contribution in [0.15, 0.2) is 35.2 Å². The molecule has 7 nitrogen and oxygen atoms in total. The second-order valence-electron chi connectivity index (χ2n) is 4.71. The van der Waals surface area contributed by atoms with E-state index in [-0.39, 0.29) is 18.6 Å². The number of carbonyl (C=O) groups is 1. The van der Waals surface area contributed by atoms with Gasteiger partial charge < -0.3 is 18.9 Å². The predicted molar refractivity (Wildman–Crippen MR) is 76.5 cm³/mol. The summed E-state index contributed by atoms with van der Waals surface area (Å²) in [6, 6.07) is 6.49. The number of morpholine rings is 1. The van der Waals surface area contributed by atoms with Crippen molar-refractivity contribution in [3.05, 3.63) is 41.5 Å². The third-order valence-corrected chi connectivity index (χ3v) is 3.55. The molecule has 2 heterocycles. The molecule has 0 aliphatic carbocycles. The first-order valence-electron chi connectivity index (χ1n) is 6.76. The fourth-order valence-corrected chi connectivity index (χ4v) is 2.33. The van der Waals surface area contributed by atoms with Crippen molar-refractivity contribution in [3.8, 4) is 5.75 Å². The van der Waals surface area contributed by atoms with Crippen LogP contribution in [0.3, 0.4) is 0 Å². The van der Waals surface area contributed by atoms with E-state index in [0.717, 1.165) is 0 Å². The molecular weight excluding hydrogens is 310 g/mol. The van der Waals surface area contributed by atoms with Gasteiger partial charge in [0, 0.05) is 11.6 Å². The summed E-state index contributed by atoms with van der Waals surface area (Å²) in [5.74, 6) is 0.856. The highest BCUT2D eigenvalue weighted by atomic mass is 35.5. The molecule has 1 aromatic heterocycles. The van der Waals surface area contributed by atoms with Crippen LogP contribution in [0.5, 0.6) is 5.75 Å². The van der Waals surface area contributed by atoms with Gasteiger partial charge in [0.1, 0.15) is 11.8 Å². The van der Waals surface area contributed by atoms with Crippen molar-refractivity contribution in [3.63, 3.8) is 0 Å². The zero-order valence-corrected chi connectivity index (χ0v) is 12.4. The Kier molecular flexibility index (Phi) is 4.55. The summed E-state index contributed by atoms with van der Waals surface area (Å²) in [5.41, 5.74) is 0. The van der Waals surface area contributed by atoms with E-state index in [2.05, 4.69) is 10.1 Å². The Balaban J connectivity index is 1.63. The van der Waals surface area contributed by atoms with Crippen LogP contribution in [0.1, 0.15) is 11.9 Å². The smallest absolute Gasteiger partial charge is 0.261 e. The van der Waals surface area contributed by atoms with Crippen molar-refractivity contribution in [2.75, 3.05) is 26.4 Å². The quantitative estimate of drug-likeness (QED) is 0.852. The van der Waals surface area contributed by atoms with Crippen LogP contribution in [0, 0.1) is 0 Å². The van der Waals surface area contributed by atoms with Crippen LogP contribution in [-0.4, -0.2) is 47.3 Å². The van der Waals surface area contributed by atoms with Crippen molar-refractivity contribution in [1.29, 1.82) is 0 Å². The first-order chi connectivity index (χ1) is 10.7. The number of carbonyl (C=O) groups excluding carboxylic acids is 1. The van der Waals surface area contributed by atoms with Gasteiger partial charge in [-0.2, -0.15) is 4.98 Å². The first kappa shape index (κ1) is 14.8. The molecule has 1 atom stereocenters. The first-order valence-corrected chi connectivity index (χ1v) is 7.13. The van der Waals surface area contributed by atoms with E-state index in [9.17, 15) is 4.79 Å². The van der Waals surface area contributed by atoms with E-state index in [0.29, 0.717) is 36.4 Å². The normalized spacial score (nSPS) is 18.2. The molecule has 0 bridgehead atoms. The maximum absolute atomic E-state index is 12.4. The monoisotopic (exact) mass is 323 g/mol. The number of benzene rings is 1. The lowest BCUT2D eigenvalue weighted by atomic mass is 10.2. The molecule has 116 valence electrons. The lowest BCUT2D eigenvalue weighted by molar-refractivity contribution is -0.142. The molecule has 22 heavy (non-hydrogen) atoms. The van der Waals surface area contributed by atoms with Crippen LogP contribution >= 0.6 is 11.6 Å². The third-order valence-electron chi connectivity index (χ3n) is 3.30. The lowest BCUT2D eigenvalue weighted by Gasteiger charge is -2.33. The van der Waals surface area contributed by atoms with Crippen LogP contribution in [0.25, 0.3) is 0 Å². The molecule has 8 heteroatoms. The van der Waals surface area contributed by atoms with E-state index in [1.165, 1.54) is 6.39 Å². The summed E-state index contributed by atoms with van der Waals surface area (Å²) in [7, 11) is 0. The highest BCUT2D eigenvalue weighted by Gasteiger charge is 2.31. The minimum absolute atomic E-state index is 0.0734. The van der Waals surface area contributed by atoms with E-state index in [4.69, 9.17) is 25.6 Å². The number of hydrogen-bond acceptors (Lipinski definition) is 6. The van der Waals surface area contributed by atoms with Crippen LogP contribution in [0.2, 0.25) is 5.02 Å². The summed E-state index contributed by atoms with van der Waals surface area (Å²) >= 11 is 5.80. The van der Waals surface area contributed by atoms with Crippen molar-refractivity contribution in [2.24, 2.45) is 0 Å². The van der Waals surface area contributed by atoms with Gasteiger partial charge in [-0.15, -0.1) is 0 Å². The molecule has 0 radical (unpaired) electrons. The summed E-state index contributed by atoms with van der Waals surface area (Å²) in [4.78, 5) is 18.0. The van der Waals surface area contributed by atoms with Crippen LogP contribution in [0.4, 0.5) is 0 Å². The lowest BCUT2D eigenvalue weighted by Crippen LogP contribution is -2.45. The minimum Gasteiger partial charge on any atom is -0.484 e. The number of rotatable bonds is 4. The van der Waals surface area contributed by atoms with E-state index >= 15 is 0 Å². The average Bonchev–Trinajstić information content (AvgIpc) is 3.08. The van der Waals surface area contributed by atoms with Gasteiger partial charge in [0.05, 0.1) is 13.2 Å². The molecule has 3 rings (SSSR count). The SMILES string of the molecule is O=C(COc1ccc(Cl)cc1)N1CCOC[C@H]1c1ncon1. The Morgan fingerprint density at radius 2 is 2.23 bits per heavy atom. The van der Waals surface area contributed by atoms with E-state index in [1.54, 1.807) is 29.2 Å². The highest BCUT2D eigenvalue weighted by molar-refractivity contribution is 6.30. The maximum Gasteiger partial charge on any atom is 0.261 e. The standard InChI is InChI=1S/C14H14ClN3O4/c15-10-1-3-11(4-2-10)21-8-13(19)18-5-6-20-7-12(18)14-16-9-22-17-14/h1-4,9,12H,5-8H2/t12-/m0/s1. The Hall–Kier alpha value is -2.12. The largest absolute Gasteiger partial charge is 0.484 e. The number of aromatic nitrogens is 2. The van der Waals surface area contributed by atoms with Gasteiger partial charge in [0.15, 0.2) is 12.4 Å². The molecule has 0 unspecified atom stereocenters. The van der Waals surface area contributed by atoms with Gasteiger partial charge in [0.25, 0.3) is 5.91 Å². The molecule has 1 aliphatic rings. The molecule has 1 saturated heterocycles. The Morgan fingerprint density at radius 3 is 2.95 bits per heavy atom. The molecule has 0 N–H and O–H groups in total. The Labute approximate surface area is 131 Å². The molecule has 1 amide bonds. The predicted octanol–water partition coefficient (Wildman–Crippen LogP) is 1.70. The van der Waals surface area contributed by atoms with Gasteiger partial charge in [0.2, 0.25) is 6.39 Å². The maximum atomic E-state index is 12.4. The van der Waals surface area contributed by atoms with Crippen molar-refractivity contribution in [1.82, 2.24) is 15.0 Å². The van der Waals surface area contributed by atoms with Gasteiger partial charge in [-0.05, 0) is 24.3 Å². The Morgan fingerprint density at radius 1 is 1.41 bits per heavy atom. The number of ether oxygens (including phenoxy) is 2. The number of amides is 1. The molecule has 2 aromatic rings. The summed E-state index contributed by atoms with van der Waals surface area (Å²) < 4.78 is 15.6. The molecule has 1 aromatic carbocycles. The molecule has 1 aliphatic heterocycles. The Bertz CT molecular complexity index is 618. The second kappa shape index (κ2) is 6.76. The number of halogens is 1. The van der Waals surface area contributed by atoms with E-state index < -0.39 is 0 Å². The van der Waals surface area contributed by atoms with Crippen LogP contribution in [-0.2, 0) is 9.53 Å². The zero-order valence-electron chi connectivity index (χ0n) is 11.6. The minimum atomic E-state index is -0.353. The fourth-order valence-electron chi connectivity index (χ4n) is 2.20. The van der Waals surface area contributed by atoms with Gasteiger partial charge >= 0.3 is 0 Å². The summed E-state index contributed by atoms with van der Waals surface area (Å²) in [5, 5.41) is 4.40. The average molecular weight is 324 g/mol. The van der Waals surface area contributed by atoms with Crippen molar-refractivity contribution >= 4 is 17.5 Å². The zero-order chi connectivity index (χ0) is 15.4. The number of hydrogen-bond donors (Lipinski definition) is 0. The third kappa shape index (κ3) is 3.37. The van der Waals surface area contributed by atoms with Gasteiger partial charge in [-0.25, -0.2) is 0 Å². The molecule has 0 saturated carbocycles. The fraction of sp³-hybridized carbons (Fsp3) is 0.357. The molecular formula is C14H14ClN3O4. The second-order valence-corrected chi connectivity index (χ2v) is 5.15. The topological polar surface area (TPSA) is 77.7 Å². The summed E-state index contributed by atoms with van der Waals surface area (Å²) in [6.07, 6.45) is 1.23. The molecule has 1 fully saturated rings. The van der Waals surface area contributed by atoms with Crippen molar-refractivity contribution < 1.29 is 18.8 Å². The van der Waals surface area contributed by atoms with Crippen molar-refractivity contribution in [2.45, 2.75) is 6.04 Å². The summed E-state index contributed by atoms with van der Waals surface area (Å²) in [6.45, 7) is 1.20. The van der Waals surface area contributed by atoms with Crippen LogP contribution < -0.4 is 4.74 Å². The van der Waals surface area contributed by atoms with Gasteiger partial charge in [-0.3, -0.25) is 4.79 Å².